The summed E-state index contributed by atoms with van der Waals surface area (Å²) in [6.07, 6.45) is 0. The maximum Gasteiger partial charge on any atom is 0.0389 e. The van der Waals surface area contributed by atoms with Gasteiger partial charge in [0, 0.05) is 30.9 Å². The molecule has 100 valence electrons. The van der Waals surface area contributed by atoms with Gasteiger partial charge in [-0.3, -0.25) is 4.90 Å². The lowest BCUT2D eigenvalue weighted by atomic mass is 10.0. The minimum Gasteiger partial charge on any atom is -0.366 e. The highest BCUT2D eigenvalue weighted by atomic mass is 15.3. The molecule has 0 spiro atoms. The molecule has 1 aliphatic heterocycles. The van der Waals surface area contributed by atoms with Gasteiger partial charge in [-0.05, 0) is 44.5 Å². The van der Waals surface area contributed by atoms with Crippen LogP contribution in [0.4, 0.5) is 5.69 Å². The van der Waals surface area contributed by atoms with E-state index in [4.69, 9.17) is 0 Å². The molecule has 0 radical (unpaired) electrons. The molecule has 0 amide bonds. The predicted molar refractivity (Wildman–Crippen MR) is 79.4 cm³/mol. The zero-order valence-electron chi connectivity index (χ0n) is 12.4. The molecule has 0 saturated carbocycles. The van der Waals surface area contributed by atoms with Gasteiger partial charge in [0.15, 0.2) is 0 Å². The Morgan fingerprint density at radius 1 is 1.00 bits per heavy atom. The van der Waals surface area contributed by atoms with Crippen LogP contribution in [0.25, 0.3) is 0 Å². The van der Waals surface area contributed by atoms with E-state index >= 15 is 0 Å². The van der Waals surface area contributed by atoms with Crippen molar-refractivity contribution < 1.29 is 0 Å². The summed E-state index contributed by atoms with van der Waals surface area (Å²) in [7, 11) is 2.22. The van der Waals surface area contributed by atoms with E-state index in [0.717, 1.165) is 13.1 Å². The average Bonchev–Trinajstić information content (AvgIpc) is 2.34. The average molecular weight is 246 g/mol. The first-order valence-corrected chi connectivity index (χ1v) is 7.06. The lowest BCUT2D eigenvalue weighted by Crippen LogP contribution is -2.55. The lowest BCUT2D eigenvalue weighted by molar-refractivity contribution is 0.206. The molecule has 1 aliphatic rings. The minimum absolute atomic E-state index is 0.594. The van der Waals surface area contributed by atoms with E-state index in [0.29, 0.717) is 18.0 Å². The summed E-state index contributed by atoms with van der Waals surface area (Å²) in [5.41, 5.74) is 2.79. The highest BCUT2D eigenvalue weighted by Crippen LogP contribution is 2.24. The standard InChI is InChI=1S/C16H26N2/c1-12(2)15-6-8-16(9-7-15)18-11-13(3)17(5)10-14(18)4/h6-9,12-14H,10-11H2,1-5H3/t13-,14+/m1/s1. The zero-order chi connectivity index (χ0) is 13.3. The van der Waals surface area contributed by atoms with Gasteiger partial charge in [0.05, 0.1) is 0 Å². The van der Waals surface area contributed by atoms with Crippen molar-refractivity contribution in [1.29, 1.82) is 0 Å². The number of likely N-dealkylation sites (N-methyl/N-ethyl adjacent to an activating group) is 1. The van der Waals surface area contributed by atoms with Crippen LogP contribution in [0, 0.1) is 0 Å². The lowest BCUT2D eigenvalue weighted by Gasteiger charge is -2.43. The van der Waals surface area contributed by atoms with Crippen LogP contribution in [0.3, 0.4) is 0 Å². The molecular weight excluding hydrogens is 220 g/mol. The first kappa shape index (κ1) is 13.4. The molecule has 1 aromatic rings. The third-order valence-electron chi connectivity index (χ3n) is 4.19. The highest BCUT2D eigenvalue weighted by molar-refractivity contribution is 5.49. The van der Waals surface area contributed by atoms with E-state index in [1.54, 1.807) is 0 Å². The zero-order valence-corrected chi connectivity index (χ0v) is 12.4. The fraction of sp³-hybridized carbons (Fsp3) is 0.625. The van der Waals surface area contributed by atoms with Gasteiger partial charge in [0.2, 0.25) is 0 Å². The van der Waals surface area contributed by atoms with Crippen LogP contribution < -0.4 is 4.90 Å². The number of benzene rings is 1. The number of hydrogen-bond acceptors (Lipinski definition) is 2. The minimum atomic E-state index is 0.594. The van der Waals surface area contributed by atoms with Gasteiger partial charge in [-0.2, -0.15) is 0 Å². The second kappa shape index (κ2) is 5.31. The number of piperazine rings is 1. The van der Waals surface area contributed by atoms with Crippen LogP contribution in [0.2, 0.25) is 0 Å². The van der Waals surface area contributed by atoms with Gasteiger partial charge in [-0.15, -0.1) is 0 Å². The smallest absolute Gasteiger partial charge is 0.0389 e. The second-order valence-electron chi connectivity index (χ2n) is 6.04. The number of anilines is 1. The van der Waals surface area contributed by atoms with Gasteiger partial charge in [-0.25, -0.2) is 0 Å². The van der Waals surface area contributed by atoms with Crippen molar-refractivity contribution in [3.8, 4) is 0 Å². The van der Waals surface area contributed by atoms with Crippen LogP contribution in [0.5, 0.6) is 0 Å². The van der Waals surface area contributed by atoms with E-state index in [1.807, 2.05) is 0 Å². The summed E-state index contributed by atoms with van der Waals surface area (Å²) < 4.78 is 0. The molecule has 1 fully saturated rings. The van der Waals surface area contributed by atoms with Crippen molar-refractivity contribution in [1.82, 2.24) is 4.90 Å². The van der Waals surface area contributed by atoms with Gasteiger partial charge in [0.1, 0.15) is 0 Å². The topological polar surface area (TPSA) is 6.48 Å². The SMILES string of the molecule is CC(C)c1ccc(N2C[C@@H](C)N(C)C[C@@H]2C)cc1. The van der Waals surface area contributed by atoms with Gasteiger partial charge >= 0.3 is 0 Å². The van der Waals surface area contributed by atoms with Crippen molar-refractivity contribution in [2.24, 2.45) is 0 Å². The number of rotatable bonds is 2. The Labute approximate surface area is 112 Å². The van der Waals surface area contributed by atoms with Gasteiger partial charge < -0.3 is 4.90 Å². The van der Waals surface area contributed by atoms with Crippen LogP contribution in [-0.2, 0) is 0 Å². The molecule has 2 heteroatoms. The van der Waals surface area contributed by atoms with E-state index in [-0.39, 0.29) is 0 Å². The molecule has 0 unspecified atom stereocenters. The van der Waals surface area contributed by atoms with Crippen LogP contribution in [0.1, 0.15) is 39.2 Å². The molecule has 0 bridgehead atoms. The maximum atomic E-state index is 2.54. The Morgan fingerprint density at radius 3 is 2.17 bits per heavy atom. The molecule has 18 heavy (non-hydrogen) atoms. The number of hydrogen-bond donors (Lipinski definition) is 0. The monoisotopic (exact) mass is 246 g/mol. The Hall–Kier alpha value is -1.02. The first-order valence-electron chi connectivity index (χ1n) is 7.06. The van der Waals surface area contributed by atoms with Crippen LogP contribution in [-0.4, -0.2) is 37.1 Å². The molecule has 2 rings (SSSR count). The molecule has 1 saturated heterocycles. The van der Waals surface area contributed by atoms with Gasteiger partial charge in [0.25, 0.3) is 0 Å². The molecule has 0 N–H and O–H groups in total. The summed E-state index contributed by atoms with van der Waals surface area (Å²) in [6.45, 7) is 11.4. The first-order chi connectivity index (χ1) is 8.49. The third kappa shape index (κ3) is 2.69. The fourth-order valence-electron chi connectivity index (χ4n) is 2.71. The molecule has 1 aromatic carbocycles. The quantitative estimate of drug-likeness (QED) is 0.789. The molecular formula is C16H26N2. The van der Waals surface area contributed by atoms with E-state index in [9.17, 15) is 0 Å². The maximum absolute atomic E-state index is 2.54. The predicted octanol–water partition coefficient (Wildman–Crippen LogP) is 3.34. The molecule has 1 heterocycles. The van der Waals surface area contributed by atoms with Crippen molar-refractivity contribution in [2.45, 2.75) is 45.7 Å². The van der Waals surface area contributed by atoms with E-state index in [2.05, 4.69) is 68.8 Å². The normalized spacial score (nSPS) is 25.8. The van der Waals surface area contributed by atoms with Crippen molar-refractivity contribution in [3.63, 3.8) is 0 Å². The highest BCUT2D eigenvalue weighted by Gasteiger charge is 2.26. The molecule has 0 aromatic heterocycles. The Morgan fingerprint density at radius 2 is 1.61 bits per heavy atom. The summed E-state index contributed by atoms with van der Waals surface area (Å²) in [4.78, 5) is 4.98. The van der Waals surface area contributed by atoms with E-state index in [1.165, 1.54) is 11.3 Å². The van der Waals surface area contributed by atoms with Crippen LogP contribution >= 0.6 is 0 Å². The van der Waals surface area contributed by atoms with E-state index < -0.39 is 0 Å². The van der Waals surface area contributed by atoms with Crippen molar-refractivity contribution in [2.75, 3.05) is 25.0 Å². The second-order valence-corrected chi connectivity index (χ2v) is 6.04. The van der Waals surface area contributed by atoms with Crippen molar-refractivity contribution in [3.05, 3.63) is 29.8 Å². The van der Waals surface area contributed by atoms with Crippen LogP contribution in [0.15, 0.2) is 24.3 Å². The van der Waals surface area contributed by atoms with Gasteiger partial charge in [-0.1, -0.05) is 26.0 Å². The Bertz CT molecular complexity index is 383. The Kier molecular flexibility index (Phi) is 3.96. The summed E-state index contributed by atoms with van der Waals surface area (Å²) in [6, 6.07) is 10.3. The Balaban J connectivity index is 2.15. The fourth-order valence-corrected chi connectivity index (χ4v) is 2.71. The number of nitrogens with zero attached hydrogens (tertiary/aromatic N) is 2. The summed E-state index contributed by atoms with van der Waals surface area (Å²) in [5.74, 6) is 0.614. The summed E-state index contributed by atoms with van der Waals surface area (Å²) in [5, 5.41) is 0. The molecule has 2 nitrogen and oxygen atoms in total. The third-order valence-corrected chi connectivity index (χ3v) is 4.19. The molecule has 2 atom stereocenters. The van der Waals surface area contributed by atoms with Crippen molar-refractivity contribution >= 4 is 5.69 Å². The summed E-state index contributed by atoms with van der Waals surface area (Å²) >= 11 is 0. The largest absolute Gasteiger partial charge is 0.366 e. The molecule has 0 aliphatic carbocycles.